The zero-order valence-corrected chi connectivity index (χ0v) is 13.3. The maximum atomic E-state index is 12.3. The summed E-state index contributed by atoms with van der Waals surface area (Å²) in [6.45, 7) is 7.67. The summed E-state index contributed by atoms with van der Waals surface area (Å²) in [4.78, 5) is 12.3. The number of rotatable bonds is 5. The highest BCUT2D eigenvalue weighted by Gasteiger charge is 2.25. The van der Waals surface area contributed by atoms with E-state index < -0.39 is 0 Å². The van der Waals surface area contributed by atoms with Gasteiger partial charge in [0.25, 0.3) is 0 Å². The van der Waals surface area contributed by atoms with E-state index in [1.165, 1.54) is 23.1 Å². The molecule has 0 saturated heterocycles. The van der Waals surface area contributed by atoms with Gasteiger partial charge >= 0.3 is 0 Å². The summed E-state index contributed by atoms with van der Waals surface area (Å²) >= 11 is 2.91. The first-order chi connectivity index (χ1) is 9.45. The van der Waals surface area contributed by atoms with E-state index in [-0.39, 0.29) is 17.1 Å². The zero-order valence-electron chi connectivity index (χ0n) is 11.7. The van der Waals surface area contributed by atoms with Crippen molar-refractivity contribution in [2.24, 2.45) is 5.92 Å². The molecule has 2 aromatic heterocycles. The van der Waals surface area contributed by atoms with Crippen LogP contribution >= 0.6 is 23.1 Å². The van der Waals surface area contributed by atoms with Crippen LogP contribution in [0.3, 0.4) is 0 Å². The number of nitrogens with zero attached hydrogens (tertiary/aromatic N) is 3. The number of aryl methyl sites for hydroxylation is 2. The van der Waals surface area contributed by atoms with Gasteiger partial charge in [-0.15, -0.1) is 10.2 Å². The van der Waals surface area contributed by atoms with Gasteiger partial charge in [-0.2, -0.15) is 0 Å². The molecule has 6 nitrogen and oxygen atoms in total. The number of nitrogens with one attached hydrogen (secondary N) is 1. The summed E-state index contributed by atoms with van der Waals surface area (Å²) in [6.07, 6.45) is 0. The molecule has 0 aromatic carbocycles. The van der Waals surface area contributed by atoms with E-state index in [1.807, 2.05) is 20.8 Å². The minimum Gasteiger partial charge on any atom is -0.360 e. The van der Waals surface area contributed by atoms with E-state index in [0.717, 1.165) is 9.35 Å². The predicted molar refractivity (Wildman–Crippen MR) is 79.0 cm³/mol. The van der Waals surface area contributed by atoms with Crippen molar-refractivity contribution in [3.05, 3.63) is 16.8 Å². The van der Waals surface area contributed by atoms with Crippen molar-refractivity contribution in [3.8, 4) is 0 Å². The Morgan fingerprint density at radius 2 is 2.15 bits per heavy atom. The van der Waals surface area contributed by atoms with E-state index in [2.05, 4.69) is 20.7 Å². The van der Waals surface area contributed by atoms with Gasteiger partial charge in [0.05, 0.1) is 5.25 Å². The Hall–Kier alpha value is -1.41. The first kappa shape index (κ1) is 15.0. The van der Waals surface area contributed by atoms with Gasteiger partial charge < -0.3 is 9.84 Å². The highest BCUT2D eigenvalue weighted by molar-refractivity contribution is 8.02. The number of carbonyl (C=O) groups excluding carboxylic acids is 1. The summed E-state index contributed by atoms with van der Waals surface area (Å²) in [5.74, 6) is 1.16. The number of amides is 1. The van der Waals surface area contributed by atoms with Crippen LogP contribution in [0, 0.1) is 19.8 Å². The lowest BCUT2D eigenvalue weighted by atomic mass is 10.1. The van der Waals surface area contributed by atoms with E-state index in [0.29, 0.717) is 11.6 Å². The second-order valence-electron chi connectivity index (χ2n) is 4.68. The van der Waals surface area contributed by atoms with Crippen LogP contribution in [0.15, 0.2) is 14.9 Å². The minimum absolute atomic E-state index is 0.105. The van der Waals surface area contributed by atoms with Crippen molar-refractivity contribution >= 4 is 34.8 Å². The van der Waals surface area contributed by atoms with Gasteiger partial charge in [-0.3, -0.25) is 4.79 Å². The van der Waals surface area contributed by atoms with E-state index in [9.17, 15) is 4.79 Å². The molecule has 0 aliphatic rings. The van der Waals surface area contributed by atoms with Gasteiger partial charge in [-0.05, 0) is 19.8 Å². The van der Waals surface area contributed by atoms with Crippen LogP contribution < -0.4 is 5.32 Å². The molecule has 0 aliphatic carbocycles. The Kier molecular flexibility index (Phi) is 4.77. The Balaban J connectivity index is 2.06. The van der Waals surface area contributed by atoms with Crippen LogP contribution in [0.4, 0.5) is 5.82 Å². The lowest BCUT2D eigenvalue weighted by molar-refractivity contribution is -0.116. The molecule has 20 heavy (non-hydrogen) atoms. The quantitative estimate of drug-likeness (QED) is 0.855. The number of aromatic nitrogens is 3. The lowest BCUT2D eigenvalue weighted by Gasteiger charge is -2.17. The molecule has 0 radical (unpaired) electrons. The van der Waals surface area contributed by atoms with Crippen LogP contribution in [0.5, 0.6) is 0 Å². The fraction of sp³-hybridized carbons (Fsp3) is 0.500. The molecule has 0 aliphatic heterocycles. The Morgan fingerprint density at radius 3 is 2.65 bits per heavy atom. The third-order valence-corrected chi connectivity index (χ3v) is 4.95. The second-order valence-corrected chi connectivity index (χ2v) is 7.25. The molecule has 1 unspecified atom stereocenters. The third-order valence-electron chi connectivity index (χ3n) is 2.48. The molecule has 0 saturated carbocycles. The zero-order chi connectivity index (χ0) is 14.7. The number of hydrogen-bond donors (Lipinski definition) is 1. The van der Waals surface area contributed by atoms with Crippen molar-refractivity contribution < 1.29 is 9.32 Å². The van der Waals surface area contributed by atoms with Crippen molar-refractivity contribution in [1.82, 2.24) is 15.4 Å². The molecule has 2 rings (SSSR count). The van der Waals surface area contributed by atoms with Gasteiger partial charge in [0.2, 0.25) is 5.91 Å². The van der Waals surface area contributed by atoms with Gasteiger partial charge in [0.15, 0.2) is 10.2 Å². The smallest absolute Gasteiger partial charge is 0.239 e. The van der Waals surface area contributed by atoms with E-state index in [1.54, 1.807) is 13.0 Å². The maximum Gasteiger partial charge on any atom is 0.239 e. The largest absolute Gasteiger partial charge is 0.360 e. The summed E-state index contributed by atoms with van der Waals surface area (Å²) in [5.41, 5.74) is 0. The molecule has 2 heterocycles. The summed E-state index contributed by atoms with van der Waals surface area (Å²) in [7, 11) is 0. The Morgan fingerprint density at radius 1 is 1.40 bits per heavy atom. The lowest BCUT2D eigenvalue weighted by Crippen LogP contribution is -2.29. The van der Waals surface area contributed by atoms with Crippen molar-refractivity contribution in [3.63, 3.8) is 0 Å². The highest BCUT2D eigenvalue weighted by atomic mass is 32.2. The average molecular weight is 312 g/mol. The van der Waals surface area contributed by atoms with Gasteiger partial charge in [-0.25, -0.2) is 0 Å². The Bertz CT molecular complexity index is 594. The van der Waals surface area contributed by atoms with E-state index in [4.69, 9.17) is 4.52 Å². The summed E-state index contributed by atoms with van der Waals surface area (Å²) < 4.78 is 5.73. The van der Waals surface area contributed by atoms with Crippen LogP contribution in [-0.4, -0.2) is 26.5 Å². The predicted octanol–water partition coefficient (Wildman–Crippen LogP) is 2.90. The van der Waals surface area contributed by atoms with Crippen LogP contribution in [-0.2, 0) is 4.79 Å². The molecule has 2 aromatic rings. The first-order valence-electron chi connectivity index (χ1n) is 6.16. The topological polar surface area (TPSA) is 80.9 Å². The summed E-state index contributed by atoms with van der Waals surface area (Å²) in [6, 6.07) is 1.69. The molecule has 108 valence electrons. The number of carbonyl (C=O) groups is 1. The van der Waals surface area contributed by atoms with E-state index >= 15 is 0 Å². The standard InChI is InChI=1S/C12H16N4O2S2/c1-6(2)10(20-12-15-14-8(4)19-12)11(17)13-9-5-7(3)18-16-9/h5-6,10H,1-4H3,(H,13,16,17). The summed E-state index contributed by atoms with van der Waals surface area (Å²) in [5, 5.41) is 15.2. The fourth-order valence-corrected chi connectivity index (χ4v) is 3.57. The SMILES string of the molecule is Cc1cc(NC(=O)C(Sc2nnc(C)s2)C(C)C)no1. The van der Waals surface area contributed by atoms with Gasteiger partial charge in [0.1, 0.15) is 10.8 Å². The molecular formula is C12H16N4O2S2. The average Bonchev–Trinajstić information content (AvgIpc) is 2.95. The number of anilines is 1. The molecule has 0 spiro atoms. The molecule has 8 heteroatoms. The fourth-order valence-electron chi connectivity index (χ4n) is 1.55. The molecule has 1 amide bonds. The van der Waals surface area contributed by atoms with Crippen molar-refractivity contribution in [2.45, 2.75) is 37.3 Å². The highest BCUT2D eigenvalue weighted by Crippen LogP contribution is 2.31. The number of hydrogen-bond acceptors (Lipinski definition) is 7. The monoisotopic (exact) mass is 312 g/mol. The van der Waals surface area contributed by atoms with Gasteiger partial charge in [0, 0.05) is 6.07 Å². The van der Waals surface area contributed by atoms with Crippen molar-refractivity contribution in [1.29, 1.82) is 0 Å². The minimum atomic E-state index is -0.251. The first-order valence-corrected chi connectivity index (χ1v) is 7.86. The van der Waals surface area contributed by atoms with Crippen LogP contribution in [0.25, 0.3) is 0 Å². The molecule has 0 bridgehead atoms. The maximum absolute atomic E-state index is 12.3. The second kappa shape index (κ2) is 6.36. The molecule has 1 N–H and O–H groups in total. The van der Waals surface area contributed by atoms with Gasteiger partial charge in [-0.1, -0.05) is 42.1 Å². The van der Waals surface area contributed by atoms with Crippen molar-refractivity contribution in [2.75, 3.05) is 5.32 Å². The molecule has 1 atom stereocenters. The van der Waals surface area contributed by atoms with Crippen LogP contribution in [0.1, 0.15) is 24.6 Å². The van der Waals surface area contributed by atoms with Crippen LogP contribution in [0.2, 0.25) is 0 Å². The Labute approximate surface area is 125 Å². The normalized spacial score (nSPS) is 12.7. The number of thioether (sulfide) groups is 1. The third kappa shape index (κ3) is 3.80. The molecular weight excluding hydrogens is 296 g/mol. The molecule has 0 fully saturated rings.